The van der Waals surface area contributed by atoms with E-state index >= 15 is 0 Å². The molecule has 1 heterocycles. The number of rotatable bonds is 5. The van der Waals surface area contributed by atoms with Crippen molar-refractivity contribution in [1.82, 2.24) is 4.98 Å². The Hall–Kier alpha value is -1.78. The van der Waals surface area contributed by atoms with Gasteiger partial charge < -0.3 is 16.8 Å². The van der Waals surface area contributed by atoms with Gasteiger partial charge in [0.2, 0.25) is 0 Å². The molecule has 0 bridgehead atoms. The van der Waals surface area contributed by atoms with Crippen LogP contribution in [0, 0.1) is 5.92 Å². The molecule has 0 aliphatic heterocycles. The SMILES string of the molecule is CCC(C)C(C)Nc1ncc(N)cc1C(N)=O. The molecule has 0 aliphatic carbocycles. The minimum absolute atomic E-state index is 0.217. The summed E-state index contributed by atoms with van der Waals surface area (Å²) in [5.74, 6) is 0.457. The van der Waals surface area contributed by atoms with Crippen LogP contribution in [0.15, 0.2) is 12.3 Å². The van der Waals surface area contributed by atoms with Crippen molar-refractivity contribution in [1.29, 1.82) is 0 Å². The minimum Gasteiger partial charge on any atom is -0.397 e. The number of amides is 1. The second kappa shape index (κ2) is 5.52. The van der Waals surface area contributed by atoms with Crippen LogP contribution in [0.4, 0.5) is 11.5 Å². The highest BCUT2D eigenvalue weighted by Crippen LogP contribution is 2.18. The van der Waals surface area contributed by atoms with Gasteiger partial charge in [-0.25, -0.2) is 4.98 Å². The van der Waals surface area contributed by atoms with Gasteiger partial charge in [-0.15, -0.1) is 0 Å². The molecule has 0 spiro atoms. The van der Waals surface area contributed by atoms with Crippen LogP contribution in [0.25, 0.3) is 0 Å². The van der Waals surface area contributed by atoms with E-state index in [0.717, 1.165) is 6.42 Å². The number of carbonyl (C=O) groups excluding carboxylic acids is 1. The number of hydrogen-bond acceptors (Lipinski definition) is 4. The maximum Gasteiger partial charge on any atom is 0.252 e. The molecule has 5 N–H and O–H groups in total. The summed E-state index contributed by atoms with van der Waals surface area (Å²) in [6.45, 7) is 6.31. The molecule has 5 heteroatoms. The number of pyridine rings is 1. The quantitative estimate of drug-likeness (QED) is 0.724. The van der Waals surface area contributed by atoms with E-state index in [2.05, 4.69) is 31.1 Å². The van der Waals surface area contributed by atoms with Crippen molar-refractivity contribution < 1.29 is 4.79 Å². The molecule has 1 rings (SSSR count). The average molecular weight is 236 g/mol. The molecule has 0 saturated heterocycles. The van der Waals surface area contributed by atoms with Crippen molar-refractivity contribution in [3.05, 3.63) is 17.8 Å². The molecule has 0 aromatic carbocycles. The van der Waals surface area contributed by atoms with Crippen molar-refractivity contribution in [2.45, 2.75) is 33.2 Å². The lowest BCUT2D eigenvalue weighted by atomic mass is 10.0. The Bertz CT molecular complexity index is 405. The molecule has 2 atom stereocenters. The second-order valence-corrected chi connectivity index (χ2v) is 4.35. The standard InChI is InChI=1S/C12H20N4O/c1-4-7(2)8(3)16-12-10(11(14)17)5-9(13)6-15-12/h5-8H,4,13H2,1-3H3,(H2,14,17)(H,15,16). The molecule has 0 fully saturated rings. The first-order valence-electron chi connectivity index (χ1n) is 5.77. The molecule has 0 radical (unpaired) electrons. The van der Waals surface area contributed by atoms with Crippen molar-refractivity contribution in [2.24, 2.45) is 11.7 Å². The van der Waals surface area contributed by atoms with Crippen LogP contribution in [-0.2, 0) is 0 Å². The maximum absolute atomic E-state index is 11.3. The van der Waals surface area contributed by atoms with Crippen LogP contribution in [0.2, 0.25) is 0 Å². The van der Waals surface area contributed by atoms with Crippen molar-refractivity contribution in [3.63, 3.8) is 0 Å². The van der Waals surface area contributed by atoms with Crippen LogP contribution in [0.3, 0.4) is 0 Å². The highest BCUT2D eigenvalue weighted by atomic mass is 16.1. The molecule has 0 saturated carbocycles. The van der Waals surface area contributed by atoms with Gasteiger partial charge in [-0.05, 0) is 18.9 Å². The lowest BCUT2D eigenvalue weighted by Crippen LogP contribution is -2.26. The Morgan fingerprint density at radius 1 is 1.53 bits per heavy atom. The van der Waals surface area contributed by atoms with E-state index in [-0.39, 0.29) is 6.04 Å². The molecule has 0 aliphatic rings. The highest BCUT2D eigenvalue weighted by Gasteiger charge is 2.15. The summed E-state index contributed by atoms with van der Waals surface area (Å²) in [4.78, 5) is 15.4. The molecular formula is C12H20N4O. The van der Waals surface area contributed by atoms with E-state index in [4.69, 9.17) is 11.5 Å². The number of hydrogen-bond donors (Lipinski definition) is 3. The van der Waals surface area contributed by atoms with Crippen molar-refractivity contribution >= 4 is 17.4 Å². The van der Waals surface area contributed by atoms with Crippen LogP contribution in [0.1, 0.15) is 37.6 Å². The van der Waals surface area contributed by atoms with E-state index in [9.17, 15) is 4.79 Å². The van der Waals surface area contributed by atoms with E-state index in [1.807, 2.05) is 0 Å². The van der Waals surface area contributed by atoms with Gasteiger partial charge in [0.05, 0.1) is 17.4 Å². The van der Waals surface area contributed by atoms with E-state index in [1.54, 1.807) is 6.07 Å². The number of nitrogens with one attached hydrogen (secondary N) is 1. The van der Waals surface area contributed by atoms with Crippen LogP contribution in [0.5, 0.6) is 0 Å². The number of anilines is 2. The van der Waals surface area contributed by atoms with Crippen LogP contribution in [-0.4, -0.2) is 16.9 Å². The molecular weight excluding hydrogens is 216 g/mol. The van der Waals surface area contributed by atoms with Gasteiger partial charge in [0.15, 0.2) is 0 Å². The van der Waals surface area contributed by atoms with E-state index < -0.39 is 5.91 Å². The summed E-state index contributed by atoms with van der Waals surface area (Å²) in [7, 11) is 0. The highest BCUT2D eigenvalue weighted by molar-refractivity contribution is 5.98. The van der Waals surface area contributed by atoms with Gasteiger partial charge in [-0.1, -0.05) is 20.3 Å². The first-order valence-corrected chi connectivity index (χ1v) is 5.77. The summed E-state index contributed by atoms with van der Waals surface area (Å²) in [6.07, 6.45) is 2.56. The number of nitrogens with two attached hydrogens (primary N) is 2. The van der Waals surface area contributed by atoms with Crippen molar-refractivity contribution in [2.75, 3.05) is 11.1 Å². The topological polar surface area (TPSA) is 94.0 Å². The van der Waals surface area contributed by atoms with E-state index in [1.165, 1.54) is 6.20 Å². The third-order valence-electron chi connectivity index (χ3n) is 3.04. The lowest BCUT2D eigenvalue weighted by molar-refractivity contribution is 0.100. The number of nitrogens with zero attached hydrogens (tertiary/aromatic N) is 1. The van der Waals surface area contributed by atoms with Gasteiger partial charge >= 0.3 is 0 Å². The maximum atomic E-state index is 11.3. The van der Waals surface area contributed by atoms with Gasteiger partial charge in [-0.2, -0.15) is 0 Å². The summed E-state index contributed by atoms with van der Waals surface area (Å²) in [5.41, 5.74) is 11.6. The Balaban J connectivity index is 2.94. The summed E-state index contributed by atoms with van der Waals surface area (Å²) < 4.78 is 0. The zero-order valence-corrected chi connectivity index (χ0v) is 10.5. The Labute approximate surface area is 102 Å². The third-order valence-corrected chi connectivity index (χ3v) is 3.04. The van der Waals surface area contributed by atoms with E-state index in [0.29, 0.717) is 23.0 Å². The van der Waals surface area contributed by atoms with Crippen LogP contribution >= 0.6 is 0 Å². The fraction of sp³-hybridized carbons (Fsp3) is 0.500. The lowest BCUT2D eigenvalue weighted by Gasteiger charge is -2.21. The fourth-order valence-corrected chi connectivity index (χ4v) is 1.50. The molecule has 1 amide bonds. The monoisotopic (exact) mass is 236 g/mol. The zero-order valence-electron chi connectivity index (χ0n) is 10.5. The average Bonchev–Trinajstić information content (AvgIpc) is 2.29. The Morgan fingerprint density at radius 3 is 2.71 bits per heavy atom. The molecule has 2 unspecified atom stereocenters. The minimum atomic E-state index is -0.524. The van der Waals surface area contributed by atoms with Gasteiger partial charge in [0, 0.05) is 6.04 Å². The summed E-state index contributed by atoms with van der Waals surface area (Å²) >= 11 is 0. The smallest absolute Gasteiger partial charge is 0.252 e. The number of primary amides is 1. The molecule has 94 valence electrons. The molecule has 1 aromatic rings. The number of nitrogen functional groups attached to an aromatic ring is 1. The van der Waals surface area contributed by atoms with Gasteiger partial charge in [0.1, 0.15) is 5.82 Å². The van der Waals surface area contributed by atoms with Gasteiger partial charge in [-0.3, -0.25) is 4.79 Å². The Kier molecular flexibility index (Phi) is 4.31. The van der Waals surface area contributed by atoms with Crippen LogP contribution < -0.4 is 16.8 Å². The predicted molar refractivity (Wildman–Crippen MR) is 69.7 cm³/mol. The van der Waals surface area contributed by atoms with Crippen molar-refractivity contribution in [3.8, 4) is 0 Å². The molecule has 17 heavy (non-hydrogen) atoms. The normalized spacial score (nSPS) is 14.1. The first kappa shape index (κ1) is 13.3. The third kappa shape index (κ3) is 3.34. The molecule has 5 nitrogen and oxygen atoms in total. The first-order chi connectivity index (χ1) is 7.95. The Morgan fingerprint density at radius 2 is 2.18 bits per heavy atom. The molecule has 1 aromatic heterocycles. The zero-order chi connectivity index (χ0) is 13.0. The number of aromatic nitrogens is 1. The largest absolute Gasteiger partial charge is 0.397 e. The number of carbonyl (C=O) groups is 1. The van der Waals surface area contributed by atoms with Gasteiger partial charge in [0.25, 0.3) is 5.91 Å². The summed E-state index contributed by atoms with van der Waals surface area (Å²) in [5, 5.41) is 3.20. The summed E-state index contributed by atoms with van der Waals surface area (Å²) in [6, 6.07) is 1.76. The second-order valence-electron chi connectivity index (χ2n) is 4.35. The fourth-order valence-electron chi connectivity index (χ4n) is 1.50. The predicted octanol–water partition coefficient (Wildman–Crippen LogP) is 1.61.